The predicted molar refractivity (Wildman–Crippen MR) is 120 cm³/mol. The molecular formula is C22H23ClF3N3O3S. The van der Waals surface area contributed by atoms with Gasteiger partial charge in [-0.25, -0.2) is 9.97 Å². The second-order valence-corrected chi connectivity index (χ2v) is 9.56. The first-order valence-corrected chi connectivity index (χ1v) is 11.2. The number of nitrogens with zero attached hydrogens (tertiary/aromatic N) is 3. The van der Waals surface area contributed by atoms with Gasteiger partial charge in [0.15, 0.2) is 5.16 Å². The lowest BCUT2D eigenvalue weighted by molar-refractivity contribution is -0.155. The van der Waals surface area contributed by atoms with Gasteiger partial charge < -0.3 is 14.0 Å². The van der Waals surface area contributed by atoms with Crippen LogP contribution in [-0.4, -0.2) is 33.2 Å². The van der Waals surface area contributed by atoms with E-state index in [1.165, 1.54) is 0 Å². The van der Waals surface area contributed by atoms with Crippen LogP contribution in [0.25, 0.3) is 11.0 Å². The molecule has 0 aliphatic carbocycles. The molecule has 2 aromatic heterocycles. The molecule has 2 heterocycles. The van der Waals surface area contributed by atoms with Crippen molar-refractivity contribution in [2.75, 3.05) is 7.11 Å². The highest BCUT2D eigenvalue weighted by atomic mass is 35.5. The van der Waals surface area contributed by atoms with Crippen LogP contribution in [0.4, 0.5) is 13.2 Å². The maximum Gasteiger partial charge on any atom is 0.417 e. The van der Waals surface area contributed by atoms with Crippen LogP contribution in [0.1, 0.15) is 39.2 Å². The van der Waals surface area contributed by atoms with Gasteiger partial charge in [0.25, 0.3) is 0 Å². The minimum absolute atomic E-state index is 0.125. The van der Waals surface area contributed by atoms with Crippen LogP contribution in [-0.2, 0) is 22.3 Å². The summed E-state index contributed by atoms with van der Waals surface area (Å²) >= 11 is 7.14. The van der Waals surface area contributed by atoms with Crippen molar-refractivity contribution in [2.24, 2.45) is 0 Å². The Kier molecular flexibility index (Phi) is 7.48. The number of benzene rings is 1. The summed E-state index contributed by atoms with van der Waals surface area (Å²) in [6.45, 7) is 5.83. The molecule has 3 rings (SSSR count). The standard InChI is InChI=1S/C22H23ClF3N3O3S/c1-21(2,3)32-18(30)6-5-9-29-17-11-14(31-4)7-8-16(17)28-20(29)33-19-15(23)10-13(12-27-19)22(24,25)26/h7-8,10-12H,5-6,9H2,1-4H3. The van der Waals surface area contributed by atoms with Gasteiger partial charge in [-0.2, -0.15) is 13.2 Å². The first-order chi connectivity index (χ1) is 15.4. The minimum atomic E-state index is -4.54. The number of fused-ring (bicyclic) bond motifs is 1. The minimum Gasteiger partial charge on any atom is -0.497 e. The Morgan fingerprint density at radius 2 is 1.94 bits per heavy atom. The zero-order valence-corrected chi connectivity index (χ0v) is 20.1. The van der Waals surface area contributed by atoms with Crippen LogP contribution < -0.4 is 4.74 Å². The molecule has 0 aliphatic rings. The quantitative estimate of drug-likeness (QED) is 0.350. The van der Waals surface area contributed by atoms with Gasteiger partial charge in [-0.15, -0.1) is 0 Å². The van der Waals surface area contributed by atoms with Gasteiger partial charge in [-0.1, -0.05) is 11.6 Å². The molecule has 0 aliphatic heterocycles. The molecule has 0 fully saturated rings. The van der Waals surface area contributed by atoms with Crippen molar-refractivity contribution in [3.05, 3.63) is 41.0 Å². The molecular weight excluding hydrogens is 479 g/mol. The SMILES string of the molecule is COc1ccc2nc(Sc3ncc(C(F)(F)F)cc3Cl)n(CCCC(=O)OC(C)(C)C)c2c1. The van der Waals surface area contributed by atoms with Crippen LogP contribution >= 0.6 is 23.4 Å². The molecule has 0 amide bonds. The van der Waals surface area contributed by atoms with Crippen molar-refractivity contribution >= 4 is 40.4 Å². The highest BCUT2D eigenvalue weighted by Crippen LogP contribution is 2.37. The molecule has 6 nitrogen and oxygen atoms in total. The maximum atomic E-state index is 12.9. The number of imidazole rings is 1. The molecule has 0 radical (unpaired) electrons. The van der Waals surface area contributed by atoms with Gasteiger partial charge in [0.05, 0.1) is 28.7 Å². The van der Waals surface area contributed by atoms with E-state index in [0.717, 1.165) is 29.5 Å². The molecule has 11 heteroatoms. The summed E-state index contributed by atoms with van der Waals surface area (Å²) < 4.78 is 51.3. The third kappa shape index (κ3) is 6.54. The van der Waals surface area contributed by atoms with Crippen LogP contribution in [0.5, 0.6) is 5.75 Å². The second-order valence-electron chi connectivity index (χ2n) is 8.20. The largest absolute Gasteiger partial charge is 0.497 e. The Balaban J connectivity index is 1.89. The van der Waals surface area contributed by atoms with E-state index >= 15 is 0 Å². The number of alkyl halides is 3. The molecule has 0 atom stereocenters. The summed E-state index contributed by atoms with van der Waals surface area (Å²) in [5.74, 6) is 0.309. The summed E-state index contributed by atoms with van der Waals surface area (Å²) in [5, 5.41) is 0.552. The van der Waals surface area contributed by atoms with E-state index in [2.05, 4.69) is 9.97 Å². The Bertz CT molecular complexity index is 1160. The second kappa shape index (κ2) is 9.80. The number of carbonyl (C=O) groups is 1. The summed E-state index contributed by atoms with van der Waals surface area (Å²) in [6.07, 6.45) is -3.12. The normalized spacial score (nSPS) is 12.2. The fraction of sp³-hybridized carbons (Fsp3) is 0.409. The number of hydrogen-bond acceptors (Lipinski definition) is 6. The third-order valence-corrected chi connectivity index (χ3v) is 5.84. The average molecular weight is 502 g/mol. The Labute approximate surface area is 198 Å². The van der Waals surface area contributed by atoms with E-state index in [4.69, 9.17) is 21.1 Å². The van der Waals surface area contributed by atoms with E-state index < -0.39 is 17.3 Å². The lowest BCUT2D eigenvalue weighted by Gasteiger charge is -2.19. The molecule has 3 aromatic rings. The van der Waals surface area contributed by atoms with Crippen LogP contribution in [0.3, 0.4) is 0 Å². The number of halogens is 4. The van der Waals surface area contributed by atoms with Gasteiger partial charge in [-0.05, 0) is 57.2 Å². The summed E-state index contributed by atoms with van der Waals surface area (Å²) in [4.78, 5) is 20.6. The van der Waals surface area contributed by atoms with E-state index in [0.29, 0.717) is 29.4 Å². The molecule has 178 valence electrons. The summed E-state index contributed by atoms with van der Waals surface area (Å²) in [6, 6.07) is 6.19. The molecule has 0 N–H and O–H groups in total. The number of esters is 1. The first kappa shape index (κ1) is 25.2. The van der Waals surface area contributed by atoms with Gasteiger partial charge in [0, 0.05) is 25.2 Å². The molecule has 0 unspecified atom stereocenters. The van der Waals surface area contributed by atoms with Crippen LogP contribution in [0.2, 0.25) is 5.02 Å². The van der Waals surface area contributed by atoms with Crippen molar-refractivity contribution < 1.29 is 27.4 Å². The van der Waals surface area contributed by atoms with Crippen molar-refractivity contribution in [3.63, 3.8) is 0 Å². The van der Waals surface area contributed by atoms with Crippen molar-refractivity contribution in [3.8, 4) is 5.75 Å². The summed E-state index contributed by atoms with van der Waals surface area (Å²) in [5.41, 5.74) is -0.0758. The predicted octanol–water partition coefficient (Wildman–Crippen LogP) is 6.39. The summed E-state index contributed by atoms with van der Waals surface area (Å²) in [7, 11) is 1.55. The van der Waals surface area contributed by atoms with E-state index in [1.807, 2.05) is 10.6 Å². The maximum absolute atomic E-state index is 12.9. The highest BCUT2D eigenvalue weighted by molar-refractivity contribution is 7.99. The highest BCUT2D eigenvalue weighted by Gasteiger charge is 2.32. The molecule has 33 heavy (non-hydrogen) atoms. The number of pyridine rings is 1. The van der Waals surface area contributed by atoms with Crippen LogP contribution in [0.15, 0.2) is 40.6 Å². The lowest BCUT2D eigenvalue weighted by Crippen LogP contribution is -2.23. The molecule has 1 aromatic carbocycles. The fourth-order valence-corrected chi connectivity index (χ4v) is 4.18. The van der Waals surface area contributed by atoms with Crippen LogP contribution in [0, 0.1) is 0 Å². The van der Waals surface area contributed by atoms with E-state index in [1.54, 1.807) is 40.0 Å². The number of aryl methyl sites for hydroxylation is 1. The third-order valence-electron chi connectivity index (χ3n) is 4.43. The topological polar surface area (TPSA) is 66.2 Å². The molecule has 0 bridgehead atoms. The van der Waals surface area contributed by atoms with Crippen molar-refractivity contribution in [1.82, 2.24) is 14.5 Å². The zero-order valence-electron chi connectivity index (χ0n) is 18.5. The van der Waals surface area contributed by atoms with Gasteiger partial charge in [0.1, 0.15) is 16.4 Å². The van der Waals surface area contributed by atoms with Crippen molar-refractivity contribution in [2.45, 2.75) is 62.1 Å². The average Bonchev–Trinajstić information content (AvgIpc) is 3.03. The van der Waals surface area contributed by atoms with E-state index in [9.17, 15) is 18.0 Å². The Hall–Kier alpha value is -2.46. The fourth-order valence-electron chi connectivity index (χ4n) is 3.02. The monoisotopic (exact) mass is 501 g/mol. The first-order valence-electron chi connectivity index (χ1n) is 10.0. The molecule has 0 saturated carbocycles. The number of hydrogen-bond donors (Lipinski definition) is 0. The number of rotatable bonds is 7. The number of ether oxygens (including phenoxy) is 2. The van der Waals surface area contributed by atoms with Gasteiger partial charge in [-0.3, -0.25) is 4.79 Å². The number of carbonyl (C=O) groups excluding carboxylic acids is 1. The Morgan fingerprint density at radius 1 is 1.21 bits per heavy atom. The molecule has 0 saturated heterocycles. The number of methoxy groups -OCH3 is 1. The zero-order chi connectivity index (χ0) is 24.4. The van der Waals surface area contributed by atoms with E-state index in [-0.39, 0.29) is 22.4 Å². The smallest absolute Gasteiger partial charge is 0.417 e. The Morgan fingerprint density at radius 3 is 2.55 bits per heavy atom. The molecule has 0 spiro atoms. The number of aromatic nitrogens is 3. The van der Waals surface area contributed by atoms with Gasteiger partial charge in [0.2, 0.25) is 0 Å². The van der Waals surface area contributed by atoms with Crippen molar-refractivity contribution in [1.29, 1.82) is 0 Å². The lowest BCUT2D eigenvalue weighted by atomic mass is 10.2. The van der Waals surface area contributed by atoms with Gasteiger partial charge >= 0.3 is 12.1 Å².